The largest absolute Gasteiger partial charge is 0.316 e. The molecule has 2 rings (SSSR count). The van der Waals surface area contributed by atoms with Gasteiger partial charge in [0.1, 0.15) is 0 Å². The third kappa shape index (κ3) is 3.91. The minimum Gasteiger partial charge on any atom is -0.316 e. The molecule has 0 heterocycles. The quantitative estimate of drug-likeness (QED) is 0.817. The Labute approximate surface area is 120 Å². The Hall–Kier alpha value is -0.180. The van der Waals surface area contributed by atoms with E-state index >= 15 is 0 Å². The Morgan fingerprint density at radius 2 is 2.00 bits per heavy atom. The molecule has 100 valence electrons. The van der Waals surface area contributed by atoms with Crippen LogP contribution >= 0.6 is 23.4 Å². The summed E-state index contributed by atoms with van der Waals surface area (Å²) >= 11 is 8.28. The van der Waals surface area contributed by atoms with Crippen molar-refractivity contribution in [3.8, 4) is 0 Å². The highest BCUT2D eigenvalue weighted by Gasteiger charge is 2.22. The SMILES string of the molecule is CNC1CCCCCC1SCc1ccccc1Cl. The van der Waals surface area contributed by atoms with Crippen LogP contribution in [0.2, 0.25) is 5.02 Å². The average Bonchev–Trinajstić information content (AvgIpc) is 2.62. The molecule has 0 bridgehead atoms. The Kier molecular flexibility index (Phi) is 5.87. The Bertz CT molecular complexity index is 369. The summed E-state index contributed by atoms with van der Waals surface area (Å²) in [5.41, 5.74) is 1.27. The van der Waals surface area contributed by atoms with Crippen LogP contribution < -0.4 is 5.32 Å². The number of hydrogen-bond donors (Lipinski definition) is 1. The maximum absolute atomic E-state index is 6.22. The molecular formula is C15H22ClNS. The second-order valence-corrected chi connectivity index (χ2v) is 6.61. The van der Waals surface area contributed by atoms with Crippen LogP contribution in [0.3, 0.4) is 0 Å². The van der Waals surface area contributed by atoms with E-state index in [1.165, 1.54) is 37.7 Å². The molecule has 2 atom stereocenters. The van der Waals surface area contributed by atoms with Crippen LogP contribution in [0.4, 0.5) is 0 Å². The van der Waals surface area contributed by atoms with Crippen molar-refractivity contribution in [3.05, 3.63) is 34.9 Å². The molecule has 0 radical (unpaired) electrons. The van der Waals surface area contributed by atoms with Crippen molar-refractivity contribution in [2.45, 2.75) is 49.1 Å². The molecule has 1 fully saturated rings. The zero-order valence-electron chi connectivity index (χ0n) is 11.0. The first-order valence-corrected chi connectivity index (χ1v) is 8.26. The van der Waals surface area contributed by atoms with Gasteiger partial charge < -0.3 is 5.32 Å². The molecule has 18 heavy (non-hydrogen) atoms. The molecule has 0 saturated heterocycles. The third-order valence-electron chi connectivity index (χ3n) is 3.73. The molecule has 1 N–H and O–H groups in total. The lowest BCUT2D eigenvalue weighted by Crippen LogP contribution is -2.34. The van der Waals surface area contributed by atoms with E-state index < -0.39 is 0 Å². The van der Waals surface area contributed by atoms with E-state index in [9.17, 15) is 0 Å². The van der Waals surface area contributed by atoms with Gasteiger partial charge in [-0.15, -0.1) is 0 Å². The standard InChI is InChI=1S/C15H22ClNS/c1-17-14-9-3-2-4-10-15(14)18-11-12-7-5-6-8-13(12)16/h5-8,14-15,17H,2-4,9-11H2,1H3. The van der Waals surface area contributed by atoms with Crippen molar-refractivity contribution < 1.29 is 0 Å². The van der Waals surface area contributed by atoms with Crippen molar-refractivity contribution in [1.82, 2.24) is 5.32 Å². The second-order valence-electron chi connectivity index (χ2n) is 4.97. The Morgan fingerprint density at radius 3 is 2.78 bits per heavy atom. The van der Waals surface area contributed by atoms with E-state index in [4.69, 9.17) is 11.6 Å². The molecule has 1 aromatic rings. The third-order valence-corrected chi connectivity index (χ3v) is 5.57. The topological polar surface area (TPSA) is 12.0 Å². The van der Waals surface area contributed by atoms with E-state index in [2.05, 4.69) is 36.3 Å². The van der Waals surface area contributed by atoms with Gasteiger partial charge in [-0.1, -0.05) is 49.1 Å². The predicted octanol–water partition coefficient (Wildman–Crippen LogP) is 4.49. The molecule has 2 unspecified atom stereocenters. The molecule has 0 aliphatic heterocycles. The van der Waals surface area contributed by atoms with Crippen LogP contribution in [0.5, 0.6) is 0 Å². The average molecular weight is 284 g/mol. The number of halogens is 1. The van der Waals surface area contributed by atoms with Gasteiger partial charge in [-0.3, -0.25) is 0 Å². The second kappa shape index (κ2) is 7.42. The molecule has 0 amide bonds. The van der Waals surface area contributed by atoms with Gasteiger partial charge in [0.25, 0.3) is 0 Å². The Balaban J connectivity index is 1.93. The first kappa shape index (κ1) is 14.2. The Morgan fingerprint density at radius 1 is 1.22 bits per heavy atom. The smallest absolute Gasteiger partial charge is 0.0446 e. The zero-order valence-corrected chi connectivity index (χ0v) is 12.6. The highest BCUT2D eigenvalue weighted by atomic mass is 35.5. The first-order chi connectivity index (χ1) is 8.81. The minimum atomic E-state index is 0.667. The number of benzene rings is 1. The molecule has 1 nitrogen and oxygen atoms in total. The summed E-state index contributed by atoms with van der Waals surface area (Å²) in [6, 6.07) is 8.86. The number of nitrogens with one attached hydrogen (secondary N) is 1. The fraction of sp³-hybridized carbons (Fsp3) is 0.600. The summed E-state index contributed by atoms with van der Waals surface area (Å²) in [5.74, 6) is 1.03. The van der Waals surface area contributed by atoms with Crippen molar-refractivity contribution in [3.63, 3.8) is 0 Å². The number of rotatable bonds is 4. The van der Waals surface area contributed by atoms with Crippen LogP contribution in [-0.4, -0.2) is 18.3 Å². The van der Waals surface area contributed by atoms with E-state index in [1.54, 1.807) is 0 Å². The lowest BCUT2D eigenvalue weighted by molar-refractivity contribution is 0.510. The molecule has 3 heteroatoms. The maximum atomic E-state index is 6.22. The lowest BCUT2D eigenvalue weighted by Gasteiger charge is -2.24. The monoisotopic (exact) mass is 283 g/mol. The van der Waals surface area contributed by atoms with Crippen LogP contribution in [0.1, 0.15) is 37.7 Å². The molecular weight excluding hydrogens is 262 g/mol. The van der Waals surface area contributed by atoms with Crippen molar-refractivity contribution in [2.24, 2.45) is 0 Å². The van der Waals surface area contributed by atoms with E-state index in [0.717, 1.165) is 16.0 Å². The normalized spacial score (nSPS) is 24.8. The highest BCUT2D eigenvalue weighted by molar-refractivity contribution is 7.99. The molecule has 0 spiro atoms. The van der Waals surface area contributed by atoms with Crippen LogP contribution in [0, 0.1) is 0 Å². The summed E-state index contributed by atoms with van der Waals surface area (Å²) < 4.78 is 0. The van der Waals surface area contributed by atoms with Crippen LogP contribution in [0.15, 0.2) is 24.3 Å². The zero-order chi connectivity index (χ0) is 12.8. The predicted molar refractivity (Wildman–Crippen MR) is 82.5 cm³/mol. The molecule has 1 aromatic carbocycles. The van der Waals surface area contributed by atoms with Gasteiger partial charge in [-0.05, 0) is 31.5 Å². The summed E-state index contributed by atoms with van der Waals surface area (Å²) in [7, 11) is 2.10. The highest BCUT2D eigenvalue weighted by Crippen LogP contribution is 2.31. The van der Waals surface area contributed by atoms with Crippen LogP contribution in [-0.2, 0) is 5.75 Å². The van der Waals surface area contributed by atoms with Gasteiger partial charge in [-0.25, -0.2) is 0 Å². The van der Waals surface area contributed by atoms with Crippen molar-refractivity contribution in [2.75, 3.05) is 7.05 Å². The van der Waals surface area contributed by atoms with Crippen molar-refractivity contribution in [1.29, 1.82) is 0 Å². The summed E-state index contributed by atoms with van der Waals surface area (Å²) in [6.45, 7) is 0. The minimum absolute atomic E-state index is 0.667. The molecule has 1 aliphatic rings. The molecule has 1 aliphatic carbocycles. The van der Waals surface area contributed by atoms with Crippen LogP contribution in [0.25, 0.3) is 0 Å². The van der Waals surface area contributed by atoms with Gasteiger partial charge >= 0.3 is 0 Å². The summed E-state index contributed by atoms with van der Waals surface area (Å²) in [4.78, 5) is 0. The van der Waals surface area contributed by atoms with Gasteiger partial charge in [-0.2, -0.15) is 11.8 Å². The first-order valence-electron chi connectivity index (χ1n) is 6.83. The lowest BCUT2D eigenvalue weighted by atomic mass is 10.1. The van der Waals surface area contributed by atoms with Gasteiger partial charge in [0.15, 0.2) is 0 Å². The number of thioether (sulfide) groups is 1. The fourth-order valence-electron chi connectivity index (χ4n) is 2.62. The summed E-state index contributed by atoms with van der Waals surface area (Å²) in [5, 5.41) is 5.12. The van der Waals surface area contributed by atoms with Gasteiger partial charge in [0.2, 0.25) is 0 Å². The molecule has 1 saturated carbocycles. The maximum Gasteiger partial charge on any atom is 0.0446 e. The fourth-order valence-corrected chi connectivity index (χ4v) is 4.38. The van der Waals surface area contributed by atoms with E-state index in [1.807, 2.05) is 12.1 Å². The molecule has 0 aromatic heterocycles. The van der Waals surface area contributed by atoms with Gasteiger partial charge in [0.05, 0.1) is 0 Å². The van der Waals surface area contributed by atoms with Crippen molar-refractivity contribution >= 4 is 23.4 Å². The van der Waals surface area contributed by atoms with E-state index in [0.29, 0.717) is 6.04 Å². The van der Waals surface area contributed by atoms with E-state index in [-0.39, 0.29) is 0 Å². The van der Waals surface area contributed by atoms with Gasteiger partial charge in [0, 0.05) is 22.1 Å². The number of hydrogen-bond acceptors (Lipinski definition) is 2. The summed E-state index contributed by atoms with van der Waals surface area (Å²) in [6.07, 6.45) is 6.78.